The standard InChI is InChI=1S/C16H30O8/c1-15(9-19-3,10-20-4)13(17)23-7-8-24-14(18)16(2,11-21-5)12-22-6/h7-12H2,1-6H3. The van der Waals surface area contributed by atoms with Gasteiger partial charge in [-0.05, 0) is 13.8 Å². The first-order chi connectivity index (χ1) is 11.3. The highest BCUT2D eigenvalue weighted by Crippen LogP contribution is 2.21. The van der Waals surface area contributed by atoms with Gasteiger partial charge in [-0.1, -0.05) is 0 Å². The molecule has 0 amide bonds. The summed E-state index contributed by atoms with van der Waals surface area (Å²) >= 11 is 0. The molecule has 0 bridgehead atoms. The third-order valence-corrected chi connectivity index (χ3v) is 3.39. The summed E-state index contributed by atoms with van der Waals surface area (Å²) in [6.45, 7) is 3.93. The molecule has 24 heavy (non-hydrogen) atoms. The lowest BCUT2D eigenvalue weighted by molar-refractivity contribution is -0.170. The molecule has 0 radical (unpaired) electrons. The molecule has 0 aromatic carbocycles. The van der Waals surface area contributed by atoms with Crippen LogP contribution in [0, 0.1) is 10.8 Å². The van der Waals surface area contributed by atoms with Crippen LogP contribution in [0.1, 0.15) is 13.8 Å². The smallest absolute Gasteiger partial charge is 0.316 e. The van der Waals surface area contributed by atoms with Gasteiger partial charge in [-0.2, -0.15) is 0 Å². The second kappa shape index (κ2) is 11.4. The van der Waals surface area contributed by atoms with Crippen LogP contribution < -0.4 is 0 Å². The number of carbonyl (C=O) groups excluding carboxylic acids is 2. The molecule has 0 aliphatic heterocycles. The Hall–Kier alpha value is -1.22. The van der Waals surface area contributed by atoms with Gasteiger partial charge in [0.2, 0.25) is 0 Å². The second-order valence-corrected chi connectivity index (χ2v) is 6.13. The highest BCUT2D eigenvalue weighted by molar-refractivity contribution is 5.77. The van der Waals surface area contributed by atoms with Gasteiger partial charge in [-0.25, -0.2) is 0 Å². The van der Waals surface area contributed by atoms with E-state index in [0.717, 1.165) is 0 Å². The topological polar surface area (TPSA) is 89.5 Å². The van der Waals surface area contributed by atoms with Crippen LogP contribution in [0.3, 0.4) is 0 Å². The highest BCUT2D eigenvalue weighted by atomic mass is 16.6. The van der Waals surface area contributed by atoms with Gasteiger partial charge >= 0.3 is 11.9 Å². The maximum absolute atomic E-state index is 12.1. The van der Waals surface area contributed by atoms with Gasteiger partial charge in [0.1, 0.15) is 24.0 Å². The van der Waals surface area contributed by atoms with Crippen molar-refractivity contribution < 1.29 is 38.0 Å². The van der Waals surface area contributed by atoms with Gasteiger partial charge in [0.15, 0.2) is 0 Å². The Morgan fingerprint density at radius 1 is 0.625 bits per heavy atom. The predicted molar refractivity (Wildman–Crippen MR) is 85.6 cm³/mol. The first kappa shape index (κ1) is 22.8. The minimum absolute atomic E-state index is 0.0519. The summed E-state index contributed by atoms with van der Waals surface area (Å²) < 4.78 is 30.4. The average Bonchev–Trinajstić information content (AvgIpc) is 2.52. The summed E-state index contributed by atoms with van der Waals surface area (Å²) in [5, 5.41) is 0. The van der Waals surface area contributed by atoms with E-state index in [1.807, 2.05) is 0 Å². The average molecular weight is 350 g/mol. The van der Waals surface area contributed by atoms with Crippen LogP contribution in [0.25, 0.3) is 0 Å². The molecule has 0 saturated heterocycles. The van der Waals surface area contributed by atoms with Crippen molar-refractivity contribution >= 4 is 11.9 Å². The summed E-state index contributed by atoms with van der Waals surface area (Å²) in [7, 11) is 5.98. The fraction of sp³-hybridized carbons (Fsp3) is 0.875. The van der Waals surface area contributed by atoms with Gasteiger partial charge in [-0.15, -0.1) is 0 Å². The first-order valence-corrected chi connectivity index (χ1v) is 7.60. The van der Waals surface area contributed by atoms with Crippen LogP contribution in [0.2, 0.25) is 0 Å². The van der Waals surface area contributed by atoms with Gasteiger partial charge in [0.25, 0.3) is 0 Å². The Morgan fingerprint density at radius 2 is 0.875 bits per heavy atom. The number of methoxy groups -OCH3 is 4. The Kier molecular flexibility index (Phi) is 10.8. The number of hydrogen-bond donors (Lipinski definition) is 0. The van der Waals surface area contributed by atoms with E-state index in [9.17, 15) is 9.59 Å². The Bertz CT molecular complexity index is 334. The minimum Gasteiger partial charge on any atom is -0.462 e. The lowest BCUT2D eigenvalue weighted by Crippen LogP contribution is -2.40. The van der Waals surface area contributed by atoms with E-state index < -0.39 is 22.8 Å². The zero-order valence-electron chi connectivity index (χ0n) is 15.5. The van der Waals surface area contributed by atoms with Gasteiger partial charge in [0.05, 0.1) is 26.4 Å². The van der Waals surface area contributed by atoms with Crippen LogP contribution >= 0.6 is 0 Å². The fourth-order valence-corrected chi connectivity index (χ4v) is 2.21. The molecule has 0 aromatic heterocycles. The lowest BCUT2D eigenvalue weighted by atomic mass is 9.93. The van der Waals surface area contributed by atoms with Crippen LogP contribution in [0.5, 0.6) is 0 Å². The van der Waals surface area contributed by atoms with E-state index >= 15 is 0 Å². The Balaban J connectivity index is 4.40. The monoisotopic (exact) mass is 350 g/mol. The maximum Gasteiger partial charge on any atom is 0.316 e. The molecule has 8 nitrogen and oxygen atoms in total. The summed E-state index contributed by atoms with van der Waals surface area (Å²) in [5.41, 5.74) is -1.82. The van der Waals surface area contributed by atoms with E-state index in [4.69, 9.17) is 28.4 Å². The van der Waals surface area contributed by atoms with E-state index in [-0.39, 0.29) is 39.6 Å². The van der Waals surface area contributed by atoms with E-state index in [1.54, 1.807) is 13.8 Å². The third-order valence-electron chi connectivity index (χ3n) is 3.39. The summed E-state index contributed by atoms with van der Waals surface area (Å²) in [4.78, 5) is 24.3. The fourth-order valence-electron chi connectivity index (χ4n) is 2.21. The molecule has 0 saturated carbocycles. The molecule has 0 unspecified atom stereocenters. The zero-order valence-corrected chi connectivity index (χ0v) is 15.5. The normalized spacial score (nSPS) is 12.1. The molecule has 8 heteroatoms. The first-order valence-electron chi connectivity index (χ1n) is 7.60. The van der Waals surface area contributed by atoms with Crippen molar-refractivity contribution in [3.63, 3.8) is 0 Å². The van der Waals surface area contributed by atoms with Gasteiger partial charge in [-0.3, -0.25) is 9.59 Å². The number of ether oxygens (including phenoxy) is 6. The van der Waals surface area contributed by atoms with Crippen LogP contribution in [-0.2, 0) is 38.0 Å². The molecule has 0 spiro atoms. The maximum atomic E-state index is 12.1. The molecule has 0 aromatic rings. The molecule has 0 N–H and O–H groups in total. The van der Waals surface area contributed by atoms with Crippen molar-refractivity contribution in [3.8, 4) is 0 Å². The van der Waals surface area contributed by atoms with Crippen molar-refractivity contribution in [2.75, 3.05) is 68.1 Å². The van der Waals surface area contributed by atoms with Crippen molar-refractivity contribution in [1.29, 1.82) is 0 Å². The van der Waals surface area contributed by atoms with Crippen LogP contribution in [0.4, 0.5) is 0 Å². The quantitative estimate of drug-likeness (QED) is 0.354. The van der Waals surface area contributed by atoms with Crippen molar-refractivity contribution in [2.24, 2.45) is 10.8 Å². The molecule has 0 fully saturated rings. The number of rotatable bonds is 13. The second-order valence-electron chi connectivity index (χ2n) is 6.13. The Labute approximate surface area is 143 Å². The van der Waals surface area contributed by atoms with Crippen molar-refractivity contribution in [3.05, 3.63) is 0 Å². The van der Waals surface area contributed by atoms with Crippen molar-refractivity contribution in [1.82, 2.24) is 0 Å². The number of hydrogen-bond acceptors (Lipinski definition) is 8. The van der Waals surface area contributed by atoms with Crippen LogP contribution in [-0.4, -0.2) is 80.0 Å². The van der Waals surface area contributed by atoms with Gasteiger partial charge < -0.3 is 28.4 Å². The summed E-state index contributed by atoms with van der Waals surface area (Å²) in [6, 6.07) is 0. The highest BCUT2D eigenvalue weighted by Gasteiger charge is 2.37. The molecule has 0 aliphatic rings. The summed E-state index contributed by atoms with van der Waals surface area (Å²) in [5.74, 6) is -0.947. The van der Waals surface area contributed by atoms with Crippen molar-refractivity contribution in [2.45, 2.75) is 13.8 Å². The molecule has 0 atom stereocenters. The molecule has 0 aliphatic carbocycles. The summed E-state index contributed by atoms with van der Waals surface area (Å²) in [6.07, 6.45) is 0. The van der Waals surface area contributed by atoms with E-state index in [0.29, 0.717) is 0 Å². The van der Waals surface area contributed by atoms with E-state index in [1.165, 1.54) is 28.4 Å². The number of esters is 2. The lowest BCUT2D eigenvalue weighted by Gasteiger charge is -2.26. The zero-order chi connectivity index (χ0) is 18.6. The predicted octanol–water partition coefficient (Wildman–Crippen LogP) is 0.671. The largest absolute Gasteiger partial charge is 0.462 e. The Morgan fingerprint density at radius 3 is 1.08 bits per heavy atom. The third kappa shape index (κ3) is 7.12. The SMILES string of the molecule is COCC(C)(COC)C(=O)OCCOC(=O)C(C)(COC)COC. The molecule has 142 valence electrons. The molecular formula is C16H30O8. The molecular weight excluding hydrogens is 320 g/mol. The van der Waals surface area contributed by atoms with Gasteiger partial charge in [0, 0.05) is 28.4 Å². The molecule has 0 heterocycles. The van der Waals surface area contributed by atoms with Crippen LogP contribution in [0.15, 0.2) is 0 Å². The minimum atomic E-state index is -0.909. The molecule has 0 rings (SSSR count). The number of carbonyl (C=O) groups is 2. The van der Waals surface area contributed by atoms with E-state index in [2.05, 4.69) is 0 Å².